The SMILES string of the molecule is COc1cnc(OC2CCCN(c3ncc(Cl)cn3)C2)nc1. The number of methoxy groups -OCH3 is 1. The molecule has 2 aromatic heterocycles. The number of anilines is 1. The molecule has 0 spiro atoms. The van der Waals surface area contributed by atoms with Crippen LogP contribution in [0.1, 0.15) is 12.8 Å². The van der Waals surface area contributed by atoms with E-state index in [9.17, 15) is 0 Å². The molecule has 0 radical (unpaired) electrons. The highest BCUT2D eigenvalue weighted by Gasteiger charge is 2.23. The molecule has 3 rings (SSSR count). The van der Waals surface area contributed by atoms with Crippen molar-refractivity contribution < 1.29 is 9.47 Å². The summed E-state index contributed by atoms with van der Waals surface area (Å²) in [4.78, 5) is 18.8. The molecular weight excluding hydrogens is 306 g/mol. The van der Waals surface area contributed by atoms with E-state index in [1.165, 1.54) is 0 Å². The highest BCUT2D eigenvalue weighted by atomic mass is 35.5. The lowest BCUT2D eigenvalue weighted by Crippen LogP contribution is -2.42. The average Bonchev–Trinajstić information content (AvgIpc) is 2.56. The van der Waals surface area contributed by atoms with Crippen molar-refractivity contribution in [1.82, 2.24) is 19.9 Å². The monoisotopic (exact) mass is 321 g/mol. The molecule has 7 nitrogen and oxygen atoms in total. The van der Waals surface area contributed by atoms with Gasteiger partial charge in [0.15, 0.2) is 5.75 Å². The van der Waals surface area contributed by atoms with Gasteiger partial charge < -0.3 is 14.4 Å². The Balaban J connectivity index is 1.63. The summed E-state index contributed by atoms with van der Waals surface area (Å²) in [7, 11) is 1.57. The summed E-state index contributed by atoms with van der Waals surface area (Å²) < 4.78 is 10.9. The molecule has 1 aliphatic rings. The molecule has 1 atom stereocenters. The summed E-state index contributed by atoms with van der Waals surface area (Å²) >= 11 is 5.82. The Hall–Kier alpha value is -2.15. The van der Waals surface area contributed by atoms with E-state index in [0.717, 1.165) is 19.4 Å². The van der Waals surface area contributed by atoms with Crippen LogP contribution in [0.3, 0.4) is 0 Å². The molecular formula is C14H16ClN5O2. The number of rotatable bonds is 4. The Bertz CT molecular complexity index is 608. The average molecular weight is 322 g/mol. The third kappa shape index (κ3) is 3.54. The number of hydrogen-bond acceptors (Lipinski definition) is 7. The van der Waals surface area contributed by atoms with E-state index in [1.54, 1.807) is 31.9 Å². The summed E-state index contributed by atoms with van der Waals surface area (Å²) in [6.07, 6.45) is 8.31. The molecule has 0 aromatic carbocycles. The molecule has 0 bridgehead atoms. The molecule has 0 saturated carbocycles. The largest absolute Gasteiger partial charge is 0.494 e. The van der Waals surface area contributed by atoms with Gasteiger partial charge >= 0.3 is 6.01 Å². The standard InChI is InChI=1S/C14H16ClN5O2/c1-21-12-7-18-14(19-8-12)22-11-3-2-4-20(9-11)13-16-5-10(15)6-17-13/h5-8,11H,2-4,9H2,1H3. The summed E-state index contributed by atoms with van der Waals surface area (Å²) in [5.74, 6) is 1.26. The highest BCUT2D eigenvalue weighted by molar-refractivity contribution is 6.30. The van der Waals surface area contributed by atoms with Gasteiger partial charge in [0.2, 0.25) is 5.95 Å². The zero-order chi connectivity index (χ0) is 15.4. The molecule has 3 heterocycles. The van der Waals surface area contributed by atoms with Gasteiger partial charge in [0.1, 0.15) is 6.10 Å². The number of nitrogens with zero attached hydrogens (tertiary/aromatic N) is 5. The third-order valence-electron chi connectivity index (χ3n) is 3.38. The lowest BCUT2D eigenvalue weighted by atomic mass is 10.1. The molecule has 2 aromatic rings. The Labute approximate surface area is 133 Å². The fraction of sp³-hybridized carbons (Fsp3) is 0.429. The minimum absolute atomic E-state index is 0.00132. The van der Waals surface area contributed by atoms with E-state index in [4.69, 9.17) is 21.1 Å². The number of halogens is 1. The van der Waals surface area contributed by atoms with Gasteiger partial charge in [-0.3, -0.25) is 0 Å². The van der Waals surface area contributed by atoms with Crippen molar-refractivity contribution in [3.63, 3.8) is 0 Å². The van der Waals surface area contributed by atoms with Gasteiger partial charge in [0.05, 0.1) is 43.5 Å². The second-order valence-electron chi connectivity index (χ2n) is 4.93. The molecule has 1 aliphatic heterocycles. The maximum Gasteiger partial charge on any atom is 0.316 e. The maximum atomic E-state index is 5.83. The van der Waals surface area contributed by atoms with Crippen molar-refractivity contribution in [2.24, 2.45) is 0 Å². The molecule has 1 saturated heterocycles. The maximum absolute atomic E-state index is 5.83. The van der Waals surface area contributed by atoms with Crippen molar-refractivity contribution in [2.45, 2.75) is 18.9 Å². The number of hydrogen-bond donors (Lipinski definition) is 0. The fourth-order valence-electron chi connectivity index (χ4n) is 2.30. The first-order chi connectivity index (χ1) is 10.7. The van der Waals surface area contributed by atoms with E-state index in [-0.39, 0.29) is 6.10 Å². The van der Waals surface area contributed by atoms with E-state index in [0.29, 0.717) is 29.3 Å². The van der Waals surface area contributed by atoms with Crippen LogP contribution in [0.25, 0.3) is 0 Å². The predicted octanol–water partition coefficient (Wildman–Crippen LogP) is 1.98. The zero-order valence-electron chi connectivity index (χ0n) is 12.1. The van der Waals surface area contributed by atoms with Gasteiger partial charge in [-0.15, -0.1) is 0 Å². The lowest BCUT2D eigenvalue weighted by molar-refractivity contribution is 0.163. The van der Waals surface area contributed by atoms with Crippen LogP contribution in [0, 0.1) is 0 Å². The number of ether oxygens (including phenoxy) is 2. The van der Waals surface area contributed by atoms with Crippen molar-refractivity contribution in [3.8, 4) is 11.8 Å². The van der Waals surface area contributed by atoms with Gasteiger partial charge in [-0.05, 0) is 12.8 Å². The van der Waals surface area contributed by atoms with Gasteiger partial charge in [-0.2, -0.15) is 9.97 Å². The molecule has 116 valence electrons. The minimum Gasteiger partial charge on any atom is -0.494 e. The van der Waals surface area contributed by atoms with E-state index < -0.39 is 0 Å². The molecule has 22 heavy (non-hydrogen) atoms. The quantitative estimate of drug-likeness (QED) is 0.852. The molecule has 1 fully saturated rings. The molecule has 0 amide bonds. The van der Waals surface area contributed by atoms with Crippen LogP contribution in [0.15, 0.2) is 24.8 Å². The van der Waals surface area contributed by atoms with Gasteiger partial charge in [-0.1, -0.05) is 11.6 Å². The summed E-state index contributed by atoms with van der Waals surface area (Å²) in [6, 6.07) is 0.352. The second-order valence-corrected chi connectivity index (χ2v) is 5.37. The summed E-state index contributed by atoms with van der Waals surface area (Å²) in [6.45, 7) is 1.59. The first-order valence-electron chi connectivity index (χ1n) is 7.00. The van der Waals surface area contributed by atoms with E-state index in [1.807, 2.05) is 0 Å². The smallest absolute Gasteiger partial charge is 0.316 e. The molecule has 0 aliphatic carbocycles. The Morgan fingerprint density at radius 1 is 1.14 bits per heavy atom. The number of aromatic nitrogens is 4. The van der Waals surface area contributed by atoms with Crippen molar-refractivity contribution in [2.75, 3.05) is 25.1 Å². The first-order valence-corrected chi connectivity index (χ1v) is 7.37. The minimum atomic E-state index is 0.00132. The van der Waals surface area contributed by atoms with Crippen molar-refractivity contribution in [3.05, 3.63) is 29.8 Å². The lowest BCUT2D eigenvalue weighted by Gasteiger charge is -2.32. The Morgan fingerprint density at radius 2 is 1.86 bits per heavy atom. The second kappa shape index (κ2) is 6.74. The topological polar surface area (TPSA) is 73.3 Å². The molecule has 8 heteroatoms. The van der Waals surface area contributed by atoms with Crippen molar-refractivity contribution >= 4 is 17.5 Å². The Kier molecular flexibility index (Phi) is 4.53. The zero-order valence-corrected chi connectivity index (χ0v) is 12.9. The van der Waals surface area contributed by atoms with E-state index in [2.05, 4.69) is 24.8 Å². The van der Waals surface area contributed by atoms with Crippen LogP contribution in [-0.4, -0.2) is 46.2 Å². The third-order valence-corrected chi connectivity index (χ3v) is 3.58. The van der Waals surface area contributed by atoms with Crippen LogP contribution in [0.2, 0.25) is 5.02 Å². The van der Waals surface area contributed by atoms with Crippen LogP contribution in [-0.2, 0) is 0 Å². The van der Waals surface area contributed by atoms with Crippen LogP contribution in [0.4, 0.5) is 5.95 Å². The summed E-state index contributed by atoms with van der Waals surface area (Å²) in [5, 5.41) is 0.528. The van der Waals surface area contributed by atoms with E-state index >= 15 is 0 Å². The van der Waals surface area contributed by atoms with Gasteiger partial charge in [0, 0.05) is 6.54 Å². The molecule has 0 N–H and O–H groups in total. The molecule has 1 unspecified atom stereocenters. The van der Waals surface area contributed by atoms with Crippen molar-refractivity contribution in [1.29, 1.82) is 0 Å². The van der Waals surface area contributed by atoms with Crippen LogP contribution >= 0.6 is 11.6 Å². The normalized spacial score (nSPS) is 18.1. The predicted molar refractivity (Wildman–Crippen MR) is 81.5 cm³/mol. The van der Waals surface area contributed by atoms with Crippen LogP contribution < -0.4 is 14.4 Å². The van der Waals surface area contributed by atoms with Crippen LogP contribution in [0.5, 0.6) is 11.8 Å². The Morgan fingerprint density at radius 3 is 2.55 bits per heavy atom. The van der Waals surface area contributed by atoms with Gasteiger partial charge in [0.25, 0.3) is 0 Å². The highest BCUT2D eigenvalue weighted by Crippen LogP contribution is 2.20. The number of piperidine rings is 1. The first kappa shape index (κ1) is 14.8. The fourth-order valence-corrected chi connectivity index (χ4v) is 2.40. The van der Waals surface area contributed by atoms with Gasteiger partial charge in [-0.25, -0.2) is 9.97 Å². The summed E-state index contributed by atoms with van der Waals surface area (Å²) in [5.41, 5.74) is 0.